The smallest absolute Gasteiger partial charge is 0.225 e. The first-order valence-electron chi connectivity index (χ1n) is 8.19. The number of likely N-dealkylation sites (N-methyl/N-ethyl adjacent to an activating group) is 1. The summed E-state index contributed by atoms with van der Waals surface area (Å²) < 4.78 is 1.80. The maximum Gasteiger partial charge on any atom is 0.225 e. The van der Waals surface area contributed by atoms with E-state index in [2.05, 4.69) is 34.7 Å². The van der Waals surface area contributed by atoms with Gasteiger partial charge in [0.25, 0.3) is 0 Å². The van der Waals surface area contributed by atoms with Crippen LogP contribution in [0, 0.1) is 11.8 Å². The van der Waals surface area contributed by atoms with Crippen LogP contribution in [-0.2, 0) is 11.8 Å². The van der Waals surface area contributed by atoms with E-state index in [4.69, 9.17) is 0 Å². The molecule has 0 radical (unpaired) electrons. The molecule has 1 saturated heterocycles. The van der Waals surface area contributed by atoms with Crippen molar-refractivity contribution in [1.82, 2.24) is 25.3 Å². The summed E-state index contributed by atoms with van der Waals surface area (Å²) in [7, 11) is 6.12. The van der Waals surface area contributed by atoms with Crippen LogP contribution in [0.25, 0.3) is 0 Å². The Morgan fingerprint density at radius 3 is 2.86 bits per heavy atom. The number of carbonyl (C=O) groups excluding carboxylic acids is 1. The maximum atomic E-state index is 12.6. The van der Waals surface area contributed by atoms with Crippen LogP contribution in [0.5, 0.6) is 0 Å². The van der Waals surface area contributed by atoms with Crippen LogP contribution in [0.3, 0.4) is 0 Å². The van der Waals surface area contributed by atoms with Crippen molar-refractivity contribution in [1.29, 1.82) is 0 Å². The molecule has 6 nitrogen and oxygen atoms in total. The molecule has 1 saturated carbocycles. The number of nitrogens with one attached hydrogen (secondary N) is 2. The van der Waals surface area contributed by atoms with Crippen molar-refractivity contribution < 1.29 is 4.79 Å². The van der Waals surface area contributed by atoms with Gasteiger partial charge < -0.3 is 15.5 Å². The number of amides is 1. The van der Waals surface area contributed by atoms with Gasteiger partial charge in [0.15, 0.2) is 0 Å². The lowest BCUT2D eigenvalue weighted by molar-refractivity contribution is -0.125. The number of aromatic nitrogens is 2. The van der Waals surface area contributed by atoms with Crippen LogP contribution >= 0.6 is 0 Å². The van der Waals surface area contributed by atoms with Crippen molar-refractivity contribution in [3.05, 3.63) is 18.0 Å². The molecule has 1 aliphatic carbocycles. The number of rotatable bonds is 6. The Balaban J connectivity index is 1.59. The minimum atomic E-state index is 0.00575. The van der Waals surface area contributed by atoms with Crippen molar-refractivity contribution in [2.24, 2.45) is 18.9 Å². The molecule has 3 rings (SSSR count). The van der Waals surface area contributed by atoms with Gasteiger partial charge in [0.05, 0.1) is 12.1 Å². The third kappa shape index (κ3) is 3.33. The molecule has 1 amide bonds. The van der Waals surface area contributed by atoms with E-state index in [0.29, 0.717) is 6.04 Å². The molecule has 22 heavy (non-hydrogen) atoms. The molecule has 6 heteroatoms. The molecule has 0 bridgehead atoms. The molecule has 2 heterocycles. The van der Waals surface area contributed by atoms with Crippen molar-refractivity contribution in [3.8, 4) is 0 Å². The monoisotopic (exact) mass is 305 g/mol. The second-order valence-corrected chi connectivity index (χ2v) is 6.93. The van der Waals surface area contributed by atoms with E-state index in [1.807, 2.05) is 19.4 Å². The SMILES string of the molecule is CN(C)C(CNC(=O)[C@H]1CNC[C@@H]1c1cnn(C)c1)C1CC1. The lowest BCUT2D eigenvalue weighted by Crippen LogP contribution is -2.44. The van der Waals surface area contributed by atoms with Gasteiger partial charge in [-0.05, 0) is 38.4 Å². The lowest BCUT2D eigenvalue weighted by Gasteiger charge is -2.26. The summed E-state index contributed by atoms with van der Waals surface area (Å²) in [5.41, 5.74) is 1.15. The van der Waals surface area contributed by atoms with Gasteiger partial charge in [-0.3, -0.25) is 9.48 Å². The summed E-state index contributed by atoms with van der Waals surface area (Å²) in [4.78, 5) is 14.8. The summed E-state index contributed by atoms with van der Waals surface area (Å²) in [5.74, 6) is 1.16. The van der Waals surface area contributed by atoms with Gasteiger partial charge in [0, 0.05) is 44.8 Å². The Morgan fingerprint density at radius 1 is 1.50 bits per heavy atom. The second kappa shape index (κ2) is 6.38. The molecule has 1 unspecified atom stereocenters. The highest BCUT2D eigenvalue weighted by Crippen LogP contribution is 2.34. The van der Waals surface area contributed by atoms with Gasteiger partial charge in [0.1, 0.15) is 0 Å². The van der Waals surface area contributed by atoms with Crippen molar-refractivity contribution in [2.75, 3.05) is 33.7 Å². The van der Waals surface area contributed by atoms with E-state index >= 15 is 0 Å². The average Bonchev–Trinajstić information content (AvgIpc) is 3.01. The highest BCUT2D eigenvalue weighted by Gasteiger charge is 2.36. The summed E-state index contributed by atoms with van der Waals surface area (Å²) in [5, 5.41) is 10.8. The molecular weight excluding hydrogens is 278 g/mol. The normalized spacial score (nSPS) is 26.4. The van der Waals surface area contributed by atoms with Gasteiger partial charge in [-0.15, -0.1) is 0 Å². The highest BCUT2D eigenvalue weighted by molar-refractivity contribution is 5.80. The molecule has 2 N–H and O–H groups in total. The van der Waals surface area contributed by atoms with Crippen LogP contribution in [0.15, 0.2) is 12.4 Å². The zero-order chi connectivity index (χ0) is 15.7. The zero-order valence-electron chi connectivity index (χ0n) is 13.7. The topological polar surface area (TPSA) is 62.2 Å². The Kier molecular flexibility index (Phi) is 4.49. The van der Waals surface area contributed by atoms with E-state index in [-0.39, 0.29) is 17.7 Å². The van der Waals surface area contributed by atoms with E-state index in [1.54, 1.807) is 4.68 Å². The molecule has 0 spiro atoms. The highest BCUT2D eigenvalue weighted by atomic mass is 16.1. The predicted octanol–water partition coefficient (Wildman–Crippen LogP) is 0.180. The molecule has 3 atom stereocenters. The minimum absolute atomic E-state index is 0.00575. The van der Waals surface area contributed by atoms with Crippen LogP contribution in [0.1, 0.15) is 24.3 Å². The number of hydrogen-bond acceptors (Lipinski definition) is 4. The number of carbonyl (C=O) groups is 1. The quantitative estimate of drug-likeness (QED) is 0.787. The largest absolute Gasteiger partial charge is 0.354 e. The molecular formula is C16H27N5O. The Labute approximate surface area is 132 Å². The lowest BCUT2D eigenvalue weighted by atomic mass is 9.90. The number of aryl methyl sites for hydroxylation is 1. The van der Waals surface area contributed by atoms with Crippen LogP contribution in [0.2, 0.25) is 0 Å². The van der Waals surface area contributed by atoms with E-state index in [0.717, 1.165) is 31.1 Å². The van der Waals surface area contributed by atoms with E-state index < -0.39 is 0 Å². The molecule has 2 aliphatic rings. The van der Waals surface area contributed by atoms with E-state index in [1.165, 1.54) is 12.8 Å². The van der Waals surface area contributed by atoms with Gasteiger partial charge in [-0.25, -0.2) is 0 Å². The summed E-state index contributed by atoms with van der Waals surface area (Å²) in [6.45, 7) is 2.36. The first-order valence-corrected chi connectivity index (χ1v) is 8.19. The van der Waals surface area contributed by atoms with Crippen molar-refractivity contribution in [3.63, 3.8) is 0 Å². The second-order valence-electron chi connectivity index (χ2n) is 6.93. The zero-order valence-corrected chi connectivity index (χ0v) is 13.7. The summed E-state index contributed by atoms with van der Waals surface area (Å²) in [6, 6.07) is 0.468. The first-order chi connectivity index (χ1) is 10.6. The fourth-order valence-electron chi connectivity index (χ4n) is 3.52. The Hall–Kier alpha value is -1.40. The maximum absolute atomic E-state index is 12.6. The van der Waals surface area contributed by atoms with Crippen molar-refractivity contribution >= 4 is 5.91 Å². The van der Waals surface area contributed by atoms with Crippen molar-refractivity contribution in [2.45, 2.75) is 24.8 Å². The molecule has 2 fully saturated rings. The Bertz CT molecular complexity index is 520. The van der Waals surface area contributed by atoms with Gasteiger partial charge in [-0.2, -0.15) is 5.10 Å². The van der Waals surface area contributed by atoms with Crippen LogP contribution < -0.4 is 10.6 Å². The molecule has 1 aromatic rings. The summed E-state index contributed by atoms with van der Waals surface area (Å²) >= 11 is 0. The van der Waals surface area contributed by atoms with Gasteiger partial charge in [-0.1, -0.05) is 0 Å². The summed E-state index contributed by atoms with van der Waals surface area (Å²) in [6.07, 6.45) is 6.49. The third-order valence-corrected chi connectivity index (χ3v) is 5.02. The first kappa shape index (κ1) is 15.5. The van der Waals surface area contributed by atoms with Crippen LogP contribution in [-0.4, -0.2) is 60.4 Å². The fourth-order valence-corrected chi connectivity index (χ4v) is 3.52. The molecule has 122 valence electrons. The fraction of sp³-hybridized carbons (Fsp3) is 0.750. The molecule has 1 aromatic heterocycles. The third-order valence-electron chi connectivity index (χ3n) is 5.02. The number of hydrogen-bond donors (Lipinski definition) is 2. The van der Waals surface area contributed by atoms with Gasteiger partial charge in [0.2, 0.25) is 5.91 Å². The van der Waals surface area contributed by atoms with Gasteiger partial charge >= 0.3 is 0 Å². The van der Waals surface area contributed by atoms with E-state index in [9.17, 15) is 4.79 Å². The number of nitrogens with zero attached hydrogens (tertiary/aromatic N) is 3. The average molecular weight is 305 g/mol. The molecule has 0 aromatic carbocycles. The minimum Gasteiger partial charge on any atom is -0.354 e. The standard InChI is InChI=1S/C16H27N5O/c1-20(2)15(11-4-5-11)9-18-16(22)14-8-17-7-13(14)12-6-19-21(3)10-12/h6,10-11,13-15,17H,4-5,7-9H2,1-3H3,(H,18,22)/t13-,14+,15?/m1/s1. The predicted molar refractivity (Wildman–Crippen MR) is 85.5 cm³/mol. The van der Waals surface area contributed by atoms with Crippen LogP contribution in [0.4, 0.5) is 0 Å². The Morgan fingerprint density at radius 2 is 2.27 bits per heavy atom. The molecule has 1 aliphatic heterocycles.